The van der Waals surface area contributed by atoms with Gasteiger partial charge in [0.15, 0.2) is 0 Å². The van der Waals surface area contributed by atoms with Crippen LogP contribution in [0.5, 0.6) is 0 Å². The summed E-state index contributed by atoms with van der Waals surface area (Å²) in [5.74, 6) is -2.28. The minimum Gasteiger partial charge on any atom is -0.351 e. The van der Waals surface area contributed by atoms with Crippen LogP contribution in [0.3, 0.4) is 0 Å². The summed E-state index contributed by atoms with van der Waals surface area (Å²) < 4.78 is 0.510. The van der Waals surface area contributed by atoms with Crippen LogP contribution in [0.2, 0.25) is 0 Å². The fourth-order valence-corrected chi connectivity index (χ4v) is 2.36. The van der Waals surface area contributed by atoms with Gasteiger partial charge in [-0.25, -0.2) is 4.79 Å². The molecule has 0 atom stereocenters. The number of imide groups is 1. The molecule has 0 saturated heterocycles. The fourth-order valence-electron chi connectivity index (χ4n) is 1.78. The number of anilines is 1. The molecule has 0 spiro atoms. The molecule has 0 bridgehead atoms. The zero-order valence-corrected chi connectivity index (χ0v) is 11.1. The van der Waals surface area contributed by atoms with E-state index in [1.165, 1.54) is 6.07 Å². The Labute approximate surface area is 115 Å². The third kappa shape index (κ3) is 2.34. The van der Waals surface area contributed by atoms with Gasteiger partial charge in [0.1, 0.15) is 6.54 Å². The van der Waals surface area contributed by atoms with Crippen molar-refractivity contribution in [2.24, 2.45) is 5.73 Å². The van der Waals surface area contributed by atoms with Crippen LogP contribution in [-0.4, -0.2) is 30.2 Å². The summed E-state index contributed by atoms with van der Waals surface area (Å²) in [6, 6.07) is 3.73. The van der Waals surface area contributed by atoms with E-state index in [0.29, 0.717) is 10.2 Å². The number of carbonyl (C=O) groups excluding carboxylic acids is 4. The summed E-state index contributed by atoms with van der Waals surface area (Å²) in [7, 11) is 0. The van der Waals surface area contributed by atoms with Gasteiger partial charge in [0.25, 0.3) is 11.7 Å². The van der Waals surface area contributed by atoms with Crippen LogP contribution in [0, 0.1) is 0 Å². The van der Waals surface area contributed by atoms with Crippen molar-refractivity contribution in [2.45, 2.75) is 0 Å². The number of nitrogens with one attached hydrogen (secondary N) is 1. The number of nitrogens with two attached hydrogens (primary N) is 1. The van der Waals surface area contributed by atoms with E-state index < -0.39 is 30.2 Å². The molecular weight excluding hydrogens is 318 g/mol. The summed E-state index contributed by atoms with van der Waals surface area (Å²) in [5, 5.41) is 1.83. The Kier molecular flexibility index (Phi) is 3.34. The molecule has 0 fully saturated rings. The number of benzene rings is 1. The van der Waals surface area contributed by atoms with Crippen molar-refractivity contribution in [1.29, 1.82) is 0 Å². The van der Waals surface area contributed by atoms with Gasteiger partial charge in [-0.05, 0) is 28.1 Å². The van der Waals surface area contributed by atoms with Gasteiger partial charge in [-0.2, -0.15) is 0 Å². The predicted octanol–water partition coefficient (Wildman–Crippen LogP) is 0.173. The van der Waals surface area contributed by atoms with Crippen molar-refractivity contribution in [2.75, 3.05) is 11.4 Å². The molecule has 1 aromatic carbocycles. The Hall–Kier alpha value is -2.22. The highest BCUT2D eigenvalue weighted by Crippen LogP contribution is 2.35. The van der Waals surface area contributed by atoms with Crippen molar-refractivity contribution >= 4 is 45.2 Å². The third-order valence-corrected chi connectivity index (χ3v) is 3.14. The molecule has 8 heteroatoms. The molecule has 1 aliphatic rings. The lowest BCUT2D eigenvalue weighted by molar-refractivity contribution is -0.121. The molecule has 2 rings (SSSR count). The van der Waals surface area contributed by atoms with Gasteiger partial charge < -0.3 is 5.73 Å². The van der Waals surface area contributed by atoms with Crippen LogP contribution in [-0.2, 0) is 9.59 Å². The number of fused-ring (bicyclic) bond motifs is 1. The first-order valence-electron chi connectivity index (χ1n) is 5.16. The number of Topliss-reactive ketones (excluding diaryl/α,β-unsaturated/α-hetero) is 1. The molecular formula is C11H8BrN3O4. The standard InChI is InChI=1S/C11H8BrN3O4/c12-6-3-1-2-5-8(6)15(10(18)9(5)17)4-7(16)14-11(13)19/h1-3H,4H2,(H3,13,14,16,19). The number of ketones is 1. The van der Waals surface area contributed by atoms with Crippen LogP contribution in [0.1, 0.15) is 10.4 Å². The number of hydrogen-bond acceptors (Lipinski definition) is 4. The number of amides is 4. The van der Waals surface area contributed by atoms with Crippen LogP contribution < -0.4 is 16.0 Å². The smallest absolute Gasteiger partial charge is 0.318 e. The monoisotopic (exact) mass is 325 g/mol. The molecule has 0 radical (unpaired) electrons. The first kappa shape index (κ1) is 13.2. The largest absolute Gasteiger partial charge is 0.351 e. The molecule has 1 aromatic rings. The molecule has 0 unspecified atom stereocenters. The quantitative estimate of drug-likeness (QED) is 0.755. The summed E-state index contributed by atoms with van der Waals surface area (Å²) >= 11 is 3.21. The van der Waals surface area contributed by atoms with Crippen molar-refractivity contribution < 1.29 is 19.2 Å². The van der Waals surface area contributed by atoms with E-state index in [1.807, 2.05) is 5.32 Å². The van der Waals surface area contributed by atoms with E-state index in [-0.39, 0.29) is 5.56 Å². The summed E-state index contributed by atoms with van der Waals surface area (Å²) in [5.41, 5.74) is 5.33. The highest BCUT2D eigenvalue weighted by atomic mass is 79.9. The van der Waals surface area contributed by atoms with Gasteiger partial charge in [-0.1, -0.05) is 6.07 Å². The average molecular weight is 326 g/mol. The number of para-hydroxylation sites is 1. The second-order valence-corrected chi connectivity index (χ2v) is 4.62. The lowest BCUT2D eigenvalue weighted by atomic mass is 10.1. The van der Waals surface area contributed by atoms with E-state index in [0.717, 1.165) is 4.90 Å². The maximum atomic E-state index is 11.8. The van der Waals surface area contributed by atoms with Crippen molar-refractivity contribution in [3.8, 4) is 0 Å². The Bertz CT molecular complexity index is 614. The van der Waals surface area contributed by atoms with Crippen molar-refractivity contribution in [1.82, 2.24) is 5.32 Å². The molecule has 3 N–H and O–H groups in total. The average Bonchev–Trinajstić information content (AvgIpc) is 2.55. The maximum absolute atomic E-state index is 11.8. The van der Waals surface area contributed by atoms with Gasteiger partial charge in [0, 0.05) is 4.47 Å². The van der Waals surface area contributed by atoms with Crippen LogP contribution in [0.4, 0.5) is 10.5 Å². The Morgan fingerprint density at radius 2 is 2.00 bits per heavy atom. The van der Waals surface area contributed by atoms with Crippen molar-refractivity contribution in [3.63, 3.8) is 0 Å². The minimum absolute atomic E-state index is 0.214. The number of halogens is 1. The normalized spacial score (nSPS) is 13.4. The zero-order chi connectivity index (χ0) is 14.2. The molecule has 19 heavy (non-hydrogen) atoms. The van der Waals surface area contributed by atoms with Gasteiger partial charge in [0.2, 0.25) is 5.91 Å². The molecule has 4 amide bonds. The molecule has 1 heterocycles. The minimum atomic E-state index is -1.02. The fraction of sp³-hybridized carbons (Fsp3) is 0.0909. The topological polar surface area (TPSA) is 110 Å². The SMILES string of the molecule is NC(=O)NC(=O)CN1C(=O)C(=O)c2cccc(Br)c21. The number of carbonyl (C=O) groups is 4. The Morgan fingerprint density at radius 1 is 1.32 bits per heavy atom. The summed E-state index contributed by atoms with van der Waals surface area (Å²) in [6.07, 6.45) is 0. The van der Waals surface area contributed by atoms with E-state index in [4.69, 9.17) is 5.73 Å². The molecule has 0 saturated carbocycles. The molecule has 0 aliphatic carbocycles. The van der Waals surface area contributed by atoms with E-state index >= 15 is 0 Å². The zero-order valence-electron chi connectivity index (χ0n) is 9.47. The molecule has 1 aliphatic heterocycles. The number of nitrogens with zero attached hydrogens (tertiary/aromatic N) is 1. The highest BCUT2D eigenvalue weighted by molar-refractivity contribution is 9.10. The maximum Gasteiger partial charge on any atom is 0.318 e. The summed E-state index contributed by atoms with van der Waals surface area (Å²) in [6.45, 7) is -0.455. The second kappa shape index (κ2) is 4.81. The molecule has 98 valence electrons. The van der Waals surface area contributed by atoms with Gasteiger partial charge in [-0.3, -0.25) is 24.6 Å². The number of primary amides is 1. The molecule has 7 nitrogen and oxygen atoms in total. The van der Waals surface area contributed by atoms with Crippen LogP contribution in [0.15, 0.2) is 22.7 Å². The third-order valence-electron chi connectivity index (χ3n) is 2.51. The first-order valence-corrected chi connectivity index (χ1v) is 5.95. The molecule has 0 aromatic heterocycles. The van der Waals surface area contributed by atoms with Gasteiger partial charge >= 0.3 is 6.03 Å². The summed E-state index contributed by atoms with van der Waals surface area (Å²) in [4.78, 5) is 46.5. The second-order valence-electron chi connectivity index (χ2n) is 3.77. The predicted molar refractivity (Wildman–Crippen MR) is 68.6 cm³/mol. The van der Waals surface area contributed by atoms with Gasteiger partial charge in [-0.15, -0.1) is 0 Å². The van der Waals surface area contributed by atoms with Gasteiger partial charge in [0.05, 0.1) is 11.3 Å². The van der Waals surface area contributed by atoms with Crippen LogP contribution in [0.25, 0.3) is 0 Å². The first-order chi connectivity index (χ1) is 8.91. The highest BCUT2D eigenvalue weighted by Gasteiger charge is 2.38. The van der Waals surface area contributed by atoms with E-state index in [1.54, 1.807) is 12.1 Å². The lowest BCUT2D eigenvalue weighted by Crippen LogP contribution is -2.44. The Balaban J connectivity index is 2.33. The van der Waals surface area contributed by atoms with E-state index in [2.05, 4.69) is 15.9 Å². The van der Waals surface area contributed by atoms with Crippen molar-refractivity contribution in [3.05, 3.63) is 28.2 Å². The number of hydrogen-bond donors (Lipinski definition) is 2. The lowest BCUT2D eigenvalue weighted by Gasteiger charge is -2.16. The van der Waals surface area contributed by atoms with E-state index in [9.17, 15) is 19.2 Å². The number of rotatable bonds is 2. The number of urea groups is 1. The Morgan fingerprint density at radius 3 is 2.63 bits per heavy atom. The van der Waals surface area contributed by atoms with Crippen LogP contribution >= 0.6 is 15.9 Å².